The van der Waals surface area contributed by atoms with Gasteiger partial charge in [-0.05, 0) is 17.7 Å². The van der Waals surface area contributed by atoms with Gasteiger partial charge < -0.3 is 10.1 Å². The molecule has 0 aliphatic carbocycles. The number of halogens is 1. The second-order valence-electron chi connectivity index (χ2n) is 6.14. The lowest BCUT2D eigenvalue weighted by Gasteiger charge is -2.24. The lowest BCUT2D eigenvalue weighted by atomic mass is 9.90. The van der Waals surface area contributed by atoms with E-state index in [-0.39, 0.29) is 18.9 Å². The maximum Gasteiger partial charge on any atom is 0.314 e. The number of aromatic nitrogens is 1. The van der Waals surface area contributed by atoms with Gasteiger partial charge in [-0.1, -0.05) is 36.4 Å². The van der Waals surface area contributed by atoms with Crippen molar-refractivity contribution < 1.29 is 18.7 Å². The number of amides is 1. The summed E-state index contributed by atoms with van der Waals surface area (Å²) in [6.45, 7) is 0.0813. The fourth-order valence-electron chi connectivity index (χ4n) is 2.98. The first kappa shape index (κ1) is 17.4. The number of anilines is 1. The Kier molecular flexibility index (Phi) is 4.68. The Morgan fingerprint density at radius 1 is 1.26 bits per heavy atom. The molecule has 0 saturated carbocycles. The van der Waals surface area contributed by atoms with Gasteiger partial charge in [-0.15, -0.1) is 11.3 Å². The summed E-state index contributed by atoms with van der Waals surface area (Å²) in [5, 5.41) is 3.43. The van der Waals surface area contributed by atoms with Crippen LogP contribution in [0.2, 0.25) is 0 Å². The molecule has 1 aliphatic rings. The van der Waals surface area contributed by atoms with Gasteiger partial charge >= 0.3 is 5.97 Å². The molecule has 0 bridgehead atoms. The van der Waals surface area contributed by atoms with Gasteiger partial charge in [0.1, 0.15) is 17.4 Å². The smallest absolute Gasteiger partial charge is 0.314 e. The second kappa shape index (κ2) is 7.28. The highest BCUT2D eigenvalue weighted by molar-refractivity contribution is 7.15. The zero-order valence-corrected chi connectivity index (χ0v) is 15.0. The van der Waals surface area contributed by atoms with Crippen molar-refractivity contribution in [3.8, 4) is 10.6 Å². The number of fused-ring (bicyclic) bond motifs is 1. The largest absolute Gasteiger partial charge is 0.459 e. The zero-order chi connectivity index (χ0) is 18.8. The highest BCUT2D eigenvalue weighted by Gasteiger charge is 2.32. The Hall–Kier alpha value is -3.06. The van der Waals surface area contributed by atoms with Crippen LogP contribution in [0.1, 0.15) is 22.8 Å². The number of carbonyl (C=O) groups is 2. The van der Waals surface area contributed by atoms with Gasteiger partial charge in [0, 0.05) is 23.9 Å². The SMILES string of the molecule is O=C1CC(C(=O)OCc2cnc(-c3ccccc3)s2)c2ccc(F)cc2N1. The van der Waals surface area contributed by atoms with Gasteiger partial charge in [0.15, 0.2) is 0 Å². The molecule has 0 saturated heterocycles. The number of nitrogens with zero attached hydrogens (tertiary/aromatic N) is 1. The van der Waals surface area contributed by atoms with Gasteiger partial charge in [0.25, 0.3) is 0 Å². The minimum absolute atomic E-state index is 0.0184. The summed E-state index contributed by atoms with van der Waals surface area (Å²) in [5.41, 5.74) is 1.88. The van der Waals surface area contributed by atoms with E-state index in [1.54, 1.807) is 6.20 Å². The minimum atomic E-state index is -0.740. The van der Waals surface area contributed by atoms with Crippen molar-refractivity contribution in [1.82, 2.24) is 4.98 Å². The lowest BCUT2D eigenvalue weighted by molar-refractivity contribution is -0.148. The van der Waals surface area contributed by atoms with E-state index in [2.05, 4.69) is 10.3 Å². The standard InChI is InChI=1S/C20H15FN2O3S/c21-13-6-7-15-16(9-18(24)23-17(15)8-13)20(25)26-11-14-10-22-19(27-14)12-4-2-1-3-5-12/h1-8,10,16H,9,11H2,(H,23,24). The van der Waals surface area contributed by atoms with Crippen molar-refractivity contribution in [3.63, 3.8) is 0 Å². The van der Waals surface area contributed by atoms with Crippen LogP contribution in [-0.2, 0) is 20.9 Å². The first-order valence-electron chi connectivity index (χ1n) is 8.36. The van der Waals surface area contributed by atoms with Crippen LogP contribution in [-0.4, -0.2) is 16.9 Å². The van der Waals surface area contributed by atoms with E-state index in [0.29, 0.717) is 11.3 Å². The number of hydrogen-bond acceptors (Lipinski definition) is 5. The Labute approximate surface area is 158 Å². The Morgan fingerprint density at radius 2 is 2.07 bits per heavy atom. The van der Waals surface area contributed by atoms with Crippen molar-refractivity contribution in [1.29, 1.82) is 0 Å². The summed E-state index contributed by atoms with van der Waals surface area (Å²) in [4.78, 5) is 29.5. The molecule has 0 spiro atoms. The predicted octanol–water partition coefficient (Wildman–Crippen LogP) is 4.12. The molecule has 0 fully saturated rings. The van der Waals surface area contributed by atoms with Crippen molar-refractivity contribution in [2.24, 2.45) is 0 Å². The number of carbonyl (C=O) groups excluding carboxylic acids is 2. The molecular formula is C20H15FN2O3S. The second-order valence-corrected chi connectivity index (χ2v) is 7.26. The molecule has 1 amide bonds. The summed E-state index contributed by atoms with van der Waals surface area (Å²) in [7, 11) is 0. The van der Waals surface area contributed by atoms with Gasteiger partial charge in [0.05, 0.1) is 10.8 Å². The summed E-state index contributed by atoms with van der Waals surface area (Å²) < 4.78 is 18.8. The van der Waals surface area contributed by atoms with E-state index in [1.807, 2.05) is 30.3 Å². The highest BCUT2D eigenvalue weighted by atomic mass is 32.1. The first-order valence-corrected chi connectivity index (χ1v) is 9.18. The van der Waals surface area contributed by atoms with E-state index in [9.17, 15) is 14.0 Å². The quantitative estimate of drug-likeness (QED) is 0.690. The van der Waals surface area contributed by atoms with Crippen LogP contribution >= 0.6 is 11.3 Å². The molecule has 1 unspecified atom stereocenters. The average molecular weight is 382 g/mol. The molecule has 7 heteroatoms. The third-order valence-electron chi connectivity index (χ3n) is 4.27. The Bertz CT molecular complexity index is 1000. The Balaban J connectivity index is 1.46. The molecule has 1 aliphatic heterocycles. The first-order chi connectivity index (χ1) is 13.1. The van der Waals surface area contributed by atoms with E-state index >= 15 is 0 Å². The fourth-order valence-corrected chi connectivity index (χ4v) is 3.81. The number of benzene rings is 2. The van der Waals surface area contributed by atoms with Crippen molar-refractivity contribution in [3.05, 3.63) is 71.0 Å². The number of esters is 1. The van der Waals surface area contributed by atoms with Crippen LogP contribution in [0.3, 0.4) is 0 Å². The molecule has 0 radical (unpaired) electrons. The van der Waals surface area contributed by atoms with Crippen molar-refractivity contribution >= 4 is 28.9 Å². The number of ether oxygens (including phenoxy) is 1. The number of thiazole rings is 1. The molecule has 3 aromatic rings. The maximum atomic E-state index is 13.4. The predicted molar refractivity (Wildman–Crippen MR) is 99.7 cm³/mol. The van der Waals surface area contributed by atoms with Crippen molar-refractivity contribution in [2.75, 3.05) is 5.32 Å². The van der Waals surface area contributed by atoms with Crippen LogP contribution in [0.25, 0.3) is 10.6 Å². The third-order valence-corrected chi connectivity index (χ3v) is 5.29. The van der Waals surface area contributed by atoms with Crippen LogP contribution in [0.5, 0.6) is 0 Å². The molecule has 1 N–H and O–H groups in total. The van der Waals surface area contributed by atoms with E-state index < -0.39 is 17.7 Å². The molecule has 4 rings (SSSR count). The molecule has 2 heterocycles. The zero-order valence-electron chi connectivity index (χ0n) is 14.1. The van der Waals surface area contributed by atoms with Crippen LogP contribution in [0.15, 0.2) is 54.7 Å². The summed E-state index contributed by atoms with van der Waals surface area (Å²) in [6.07, 6.45) is 1.66. The van der Waals surface area contributed by atoms with Crippen molar-refractivity contribution in [2.45, 2.75) is 18.9 Å². The van der Waals surface area contributed by atoms with E-state index in [1.165, 1.54) is 29.5 Å². The monoisotopic (exact) mass is 382 g/mol. The maximum absolute atomic E-state index is 13.4. The molecule has 136 valence electrons. The lowest BCUT2D eigenvalue weighted by Crippen LogP contribution is -2.28. The summed E-state index contributed by atoms with van der Waals surface area (Å²) >= 11 is 1.45. The number of hydrogen-bond donors (Lipinski definition) is 1. The fraction of sp³-hybridized carbons (Fsp3) is 0.150. The number of nitrogens with one attached hydrogen (secondary N) is 1. The van der Waals surface area contributed by atoms with Gasteiger partial charge in [-0.2, -0.15) is 0 Å². The van der Waals surface area contributed by atoms with Crippen LogP contribution in [0.4, 0.5) is 10.1 Å². The molecule has 5 nitrogen and oxygen atoms in total. The molecule has 2 aromatic carbocycles. The van der Waals surface area contributed by atoms with E-state index in [4.69, 9.17) is 4.74 Å². The van der Waals surface area contributed by atoms with Crippen LogP contribution in [0, 0.1) is 5.82 Å². The summed E-state index contributed by atoms with van der Waals surface area (Å²) in [6, 6.07) is 13.7. The van der Waals surface area contributed by atoms with Gasteiger partial charge in [0.2, 0.25) is 5.91 Å². The molecule has 1 atom stereocenters. The number of rotatable bonds is 4. The van der Waals surface area contributed by atoms with Gasteiger partial charge in [-0.3, -0.25) is 9.59 Å². The van der Waals surface area contributed by atoms with E-state index in [0.717, 1.165) is 15.4 Å². The molecular weight excluding hydrogens is 367 g/mol. The molecule has 27 heavy (non-hydrogen) atoms. The van der Waals surface area contributed by atoms with Gasteiger partial charge in [-0.25, -0.2) is 9.37 Å². The Morgan fingerprint density at radius 3 is 2.89 bits per heavy atom. The average Bonchev–Trinajstić information content (AvgIpc) is 3.15. The van der Waals surface area contributed by atoms with Crippen LogP contribution < -0.4 is 5.32 Å². The third kappa shape index (κ3) is 3.73. The normalized spacial score (nSPS) is 15.7. The highest BCUT2D eigenvalue weighted by Crippen LogP contribution is 2.34. The topological polar surface area (TPSA) is 68.3 Å². The minimum Gasteiger partial charge on any atom is -0.459 e. The summed E-state index contributed by atoms with van der Waals surface area (Å²) in [5.74, 6) is -2.05. The molecule has 1 aromatic heterocycles.